The molecule has 102 valence electrons. The number of hydrogen-bond donors (Lipinski definition) is 1. The van der Waals surface area contributed by atoms with E-state index in [-0.39, 0.29) is 12.1 Å². The molecular weight excluding hydrogens is 250 g/mol. The molecule has 0 amide bonds. The first-order valence-corrected chi connectivity index (χ1v) is 6.82. The van der Waals surface area contributed by atoms with Crippen molar-refractivity contribution in [1.82, 2.24) is 0 Å². The predicted molar refractivity (Wildman–Crippen MR) is 81.6 cm³/mol. The van der Waals surface area contributed by atoms with Crippen LogP contribution in [0.25, 0.3) is 0 Å². The first kappa shape index (κ1) is 12.7. The molecule has 0 aliphatic carbocycles. The van der Waals surface area contributed by atoms with Crippen LogP contribution in [0, 0.1) is 4.91 Å². The van der Waals surface area contributed by atoms with Gasteiger partial charge < -0.3 is 5.32 Å². The van der Waals surface area contributed by atoms with Gasteiger partial charge in [-0.05, 0) is 37.1 Å². The third-order valence-corrected chi connectivity index (χ3v) is 3.76. The highest BCUT2D eigenvalue weighted by Gasteiger charge is 2.30. The second-order valence-electron chi connectivity index (χ2n) is 5.13. The molecule has 4 nitrogen and oxygen atoms in total. The van der Waals surface area contributed by atoms with E-state index in [9.17, 15) is 4.91 Å². The largest absolute Gasteiger partial charge is 0.378 e. The molecule has 2 aromatic rings. The summed E-state index contributed by atoms with van der Waals surface area (Å²) in [5.74, 6) is 0. The van der Waals surface area contributed by atoms with Gasteiger partial charge in [-0.25, -0.2) is 5.01 Å². The molecule has 0 bridgehead atoms. The highest BCUT2D eigenvalue weighted by Crippen LogP contribution is 2.38. The smallest absolute Gasteiger partial charge is 0.0682 e. The topological polar surface area (TPSA) is 44.7 Å². The molecule has 0 fully saturated rings. The van der Waals surface area contributed by atoms with Crippen LogP contribution in [0.1, 0.15) is 24.9 Å². The van der Waals surface area contributed by atoms with E-state index in [1.54, 1.807) is 5.01 Å². The van der Waals surface area contributed by atoms with Crippen molar-refractivity contribution >= 4 is 11.4 Å². The Morgan fingerprint density at radius 1 is 1.10 bits per heavy atom. The number of nitrogens with one attached hydrogen (secondary N) is 1. The Bertz CT molecular complexity index is 600. The van der Waals surface area contributed by atoms with Crippen molar-refractivity contribution in [2.75, 3.05) is 10.3 Å². The van der Waals surface area contributed by atoms with Crippen LogP contribution < -0.4 is 10.3 Å². The Labute approximate surface area is 118 Å². The van der Waals surface area contributed by atoms with E-state index < -0.39 is 0 Å². The Kier molecular flexibility index (Phi) is 3.37. The third kappa shape index (κ3) is 2.25. The van der Waals surface area contributed by atoms with E-state index in [2.05, 4.69) is 28.8 Å². The summed E-state index contributed by atoms with van der Waals surface area (Å²) < 4.78 is 0. The van der Waals surface area contributed by atoms with Gasteiger partial charge in [-0.2, -0.15) is 0 Å². The lowest BCUT2D eigenvalue weighted by Crippen LogP contribution is -2.36. The summed E-state index contributed by atoms with van der Waals surface area (Å²) in [6.07, 6.45) is 0.845. The van der Waals surface area contributed by atoms with Crippen LogP contribution in [-0.4, -0.2) is 6.04 Å². The van der Waals surface area contributed by atoms with E-state index >= 15 is 0 Å². The van der Waals surface area contributed by atoms with Gasteiger partial charge in [-0.1, -0.05) is 36.4 Å². The summed E-state index contributed by atoms with van der Waals surface area (Å²) in [5.41, 5.74) is 3.11. The lowest BCUT2D eigenvalue weighted by atomic mass is 9.93. The van der Waals surface area contributed by atoms with Gasteiger partial charge in [-0.15, -0.1) is 4.91 Å². The van der Waals surface area contributed by atoms with Crippen LogP contribution >= 0.6 is 0 Å². The lowest BCUT2D eigenvalue weighted by Gasteiger charge is -2.36. The van der Waals surface area contributed by atoms with Crippen LogP contribution in [-0.2, 0) is 0 Å². The van der Waals surface area contributed by atoms with Crippen LogP contribution in [0.3, 0.4) is 0 Å². The highest BCUT2D eigenvalue weighted by molar-refractivity contribution is 5.59. The zero-order chi connectivity index (χ0) is 13.9. The number of hydrogen-bond acceptors (Lipinski definition) is 3. The van der Waals surface area contributed by atoms with Gasteiger partial charge in [-0.3, -0.25) is 0 Å². The summed E-state index contributed by atoms with van der Waals surface area (Å²) >= 11 is 0. The fraction of sp³-hybridized carbons (Fsp3) is 0.250. The van der Waals surface area contributed by atoms with Gasteiger partial charge >= 0.3 is 0 Å². The summed E-state index contributed by atoms with van der Waals surface area (Å²) in [6, 6.07) is 18.4. The van der Waals surface area contributed by atoms with E-state index in [0.717, 1.165) is 23.4 Å². The Hall–Kier alpha value is -2.36. The van der Waals surface area contributed by atoms with Crippen molar-refractivity contribution in [2.45, 2.75) is 25.4 Å². The molecule has 0 saturated heterocycles. The molecule has 1 aliphatic rings. The number of fused-ring (bicyclic) bond motifs is 1. The average molecular weight is 267 g/mol. The van der Waals surface area contributed by atoms with E-state index in [1.807, 2.05) is 43.3 Å². The average Bonchev–Trinajstić information content (AvgIpc) is 2.49. The molecule has 2 atom stereocenters. The SMILES string of the molecule is C[C@H]1C[C@@H](Nc2ccccc2)c2ccccc2N1N=O. The van der Waals surface area contributed by atoms with Gasteiger partial charge in [0.25, 0.3) is 0 Å². The monoisotopic (exact) mass is 267 g/mol. The van der Waals surface area contributed by atoms with Gasteiger partial charge in [0.05, 0.1) is 23.1 Å². The number of rotatable bonds is 3. The number of nitroso groups, excluding NO2 is 1. The zero-order valence-corrected chi connectivity index (χ0v) is 11.4. The minimum Gasteiger partial charge on any atom is -0.378 e. The zero-order valence-electron chi connectivity index (χ0n) is 11.4. The predicted octanol–water partition coefficient (Wildman–Crippen LogP) is 4.12. The van der Waals surface area contributed by atoms with Crippen LogP contribution in [0.15, 0.2) is 59.9 Å². The molecule has 0 spiro atoms. The van der Waals surface area contributed by atoms with Crippen LogP contribution in [0.4, 0.5) is 11.4 Å². The first-order valence-electron chi connectivity index (χ1n) is 6.82. The van der Waals surface area contributed by atoms with Crippen molar-refractivity contribution in [3.05, 3.63) is 65.1 Å². The standard InChI is InChI=1S/C16H17N3O/c1-12-11-15(17-13-7-3-2-4-8-13)14-9-5-6-10-16(14)19(12)18-20/h2-10,12,15,17H,11H2,1H3/t12-,15+/m0/s1. The van der Waals surface area contributed by atoms with Crippen molar-refractivity contribution in [3.8, 4) is 0 Å². The normalized spacial score (nSPS) is 21.1. The van der Waals surface area contributed by atoms with Gasteiger partial charge in [0.1, 0.15) is 0 Å². The molecular formula is C16H17N3O. The molecule has 0 radical (unpaired) electrons. The van der Waals surface area contributed by atoms with E-state index in [1.165, 1.54) is 0 Å². The molecule has 0 aromatic heterocycles. The molecule has 4 heteroatoms. The number of benzene rings is 2. The maximum absolute atomic E-state index is 11.1. The first-order chi connectivity index (χ1) is 9.79. The van der Waals surface area contributed by atoms with Crippen molar-refractivity contribution in [2.24, 2.45) is 5.29 Å². The summed E-state index contributed by atoms with van der Waals surface area (Å²) in [6.45, 7) is 2.02. The molecule has 2 aromatic carbocycles. The highest BCUT2D eigenvalue weighted by atomic mass is 16.3. The second-order valence-corrected chi connectivity index (χ2v) is 5.13. The maximum Gasteiger partial charge on any atom is 0.0682 e. The third-order valence-electron chi connectivity index (χ3n) is 3.76. The van der Waals surface area contributed by atoms with Crippen molar-refractivity contribution < 1.29 is 0 Å². The van der Waals surface area contributed by atoms with Crippen molar-refractivity contribution in [3.63, 3.8) is 0 Å². The van der Waals surface area contributed by atoms with Gasteiger partial charge in [0, 0.05) is 5.69 Å². The number of nitrogens with zero attached hydrogens (tertiary/aromatic N) is 2. The van der Waals surface area contributed by atoms with Gasteiger partial charge in [0.15, 0.2) is 0 Å². The van der Waals surface area contributed by atoms with E-state index in [0.29, 0.717) is 0 Å². The summed E-state index contributed by atoms with van der Waals surface area (Å²) in [7, 11) is 0. The summed E-state index contributed by atoms with van der Waals surface area (Å²) in [5, 5.41) is 8.28. The fourth-order valence-electron chi connectivity index (χ4n) is 2.79. The Balaban J connectivity index is 1.95. The fourth-order valence-corrected chi connectivity index (χ4v) is 2.79. The van der Waals surface area contributed by atoms with E-state index in [4.69, 9.17) is 0 Å². The van der Waals surface area contributed by atoms with Gasteiger partial charge in [0.2, 0.25) is 0 Å². The Morgan fingerprint density at radius 2 is 1.80 bits per heavy atom. The quantitative estimate of drug-likeness (QED) is 0.851. The molecule has 1 N–H and O–H groups in total. The minimum absolute atomic E-state index is 0.0867. The molecule has 20 heavy (non-hydrogen) atoms. The van der Waals surface area contributed by atoms with Crippen molar-refractivity contribution in [1.29, 1.82) is 0 Å². The summed E-state index contributed by atoms with van der Waals surface area (Å²) in [4.78, 5) is 11.1. The molecule has 3 rings (SSSR count). The molecule has 0 saturated carbocycles. The van der Waals surface area contributed by atoms with Crippen LogP contribution in [0.2, 0.25) is 0 Å². The molecule has 0 unspecified atom stereocenters. The lowest BCUT2D eigenvalue weighted by molar-refractivity contribution is 0.522. The number of anilines is 2. The molecule has 1 aliphatic heterocycles. The second kappa shape index (κ2) is 5.33. The van der Waals surface area contributed by atoms with Crippen LogP contribution in [0.5, 0.6) is 0 Å². The molecule has 1 heterocycles. The minimum atomic E-state index is 0.0867. The number of para-hydroxylation sites is 2. The Morgan fingerprint density at radius 3 is 2.55 bits per heavy atom. The maximum atomic E-state index is 11.1.